The molecular formula is C20H24N2OS. The normalized spacial score (nSPS) is 17.5. The van der Waals surface area contributed by atoms with Gasteiger partial charge in [-0.2, -0.15) is 0 Å². The molecule has 0 N–H and O–H groups in total. The molecule has 1 fully saturated rings. The van der Waals surface area contributed by atoms with Gasteiger partial charge in [0.05, 0.1) is 5.75 Å². The fourth-order valence-electron chi connectivity index (χ4n) is 3.11. The molecule has 2 aromatic carbocycles. The summed E-state index contributed by atoms with van der Waals surface area (Å²) in [6, 6.07) is 20.9. The van der Waals surface area contributed by atoms with Gasteiger partial charge in [-0.15, -0.1) is 11.8 Å². The summed E-state index contributed by atoms with van der Waals surface area (Å²) < 4.78 is 0. The Hall–Kier alpha value is -1.94. The average Bonchev–Trinajstić information content (AvgIpc) is 2.67. The van der Waals surface area contributed by atoms with Crippen LogP contribution in [0.4, 0.5) is 5.69 Å². The van der Waals surface area contributed by atoms with Crippen molar-refractivity contribution in [2.45, 2.75) is 23.8 Å². The van der Waals surface area contributed by atoms with E-state index in [-0.39, 0.29) is 5.91 Å². The second-order valence-corrected chi connectivity index (χ2v) is 7.23. The van der Waals surface area contributed by atoms with E-state index in [0.29, 0.717) is 11.8 Å². The summed E-state index contributed by atoms with van der Waals surface area (Å²) in [5, 5.41) is 0. The van der Waals surface area contributed by atoms with Gasteiger partial charge < -0.3 is 9.80 Å². The number of thioether (sulfide) groups is 1. The van der Waals surface area contributed by atoms with Gasteiger partial charge in [-0.1, -0.05) is 36.4 Å². The van der Waals surface area contributed by atoms with Crippen LogP contribution in [0.1, 0.15) is 12.8 Å². The lowest BCUT2D eigenvalue weighted by molar-refractivity contribution is -0.129. The summed E-state index contributed by atoms with van der Waals surface area (Å²) >= 11 is 1.61. The van der Waals surface area contributed by atoms with Crippen LogP contribution in [-0.2, 0) is 4.79 Å². The Morgan fingerprint density at radius 3 is 2.50 bits per heavy atom. The molecule has 1 atom stereocenters. The summed E-state index contributed by atoms with van der Waals surface area (Å²) in [4.78, 5) is 18.0. The molecule has 0 bridgehead atoms. The zero-order chi connectivity index (χ0) is 16.8. The fourth-order valence-corrected chi connectivity index (χ4v) is 3.95. The number of hydrogen-bond donors (Lipinski definition) is 0. The van der Waals surface area contributed by atoms with Gasteiger partial charge in [0.25, 0.3) is 0 Å². The number of benzene rings is 2. The molecular weight excluding hydrogens is 316 g/mol. The predicted molar refractivity (Wildman–Crippen MR) is 102 cm³/mol. The van der Waals surface area contributed by atoms with E-state index in [1.165, 1.54) is 5.69 Å². The first-order valence-corrected chi connectivity index (χ1v) is 9.46. The zero-order valence-electron chi connectivity index (χ0n) is 14.1. The topological polar surface area (TPSA) is 23.6 Å². The molecule has 0 spiro atoms. The van der Waals surface area contributed by atoms with Crippen LogP contribution < -0.4 is 4.90 Å². The van der Waals surface area contributed by atoms with Crippen molar-refractivity contribution in [2.75, 3.05) is 30.8 Å². The average molecular weight is 340 g/mol. The first-order valence-electron chi connectivity index (χ1n) is 8.47. The van der Waals surface area contributed by atoms with Gasteiger partial charge in [0, 0.05) is 36.8 Å². The SMILES string of the molecule is CN(C(=O)CSc1ccccc1)C1CCCN(c2ccccc2)C1. The number of carbonyl (C=O) groups excluding carboxylic acids is 1. The van der Waals surface area contributed by atoms with Gasteiger partial charge in [0.1, 0.15) is 0 Å². The molecule has 24 heavy (non-hydrogen) atoms. The van der Waals surface area contributed by atoms with Crippen LogP contribution in [0.3, 0.4) is 0 Å². The molecule has 1 aliphatic rings. The molecule has 0 radical (unpaired) electrons. The Balaban J connectivity index is 1.55. The Morgan fingerprint density at radius 2 is 1.79 bits per heavy atom. The van der Waals surface area contributed by atoms with Crippen LogP contribution in [0.15, 0.2) is 65.6 Å². The van der Waals surface area contributed by atoms with Crippen LogP contribution in [0.2, 0.25) is 0 Å². The third-order valence-electron chi connectivity index (χ3n) is 4.56. The molecule has 0 saturated carbocycles. The van der Waals surface area contributed by atoms with Gasteiger partial charge >= 0.3 is 0 Å². The van der Waals surface area contributed by atoms with E-state index >= 15 is 0 Å². The molecule has 1 unspecified atom stereocenters. The summed E-state index contributed by atoms with van der Waals surface area (Å²) in [6.45, 7) is 1.99. The van der Waals surface area contributed by atoms with Crippen molar-refractivity contribution in [1.29, 1.82) is 0 Å². The Kier molecular flexibility index (Phi) is 5.81. The van der Waals surface area contributed by atoms with Gasteiger partial charge in [-0.05, 0) is 37.1 Å². The third-order valence-corrected chi connectivity index (χ3v) is 5.56. The molecule has 0 aromatic heterocycles. The number of likely N-dealkylation sites (N-methyl/N-ethyl adjacent to an activating group) is 1. The predicted octanol–water partition coefficient (Wildman–Crippen LogP) is 3.91. The minimum absolute atomic E-state index is 0.212. The second kappa shape index (κ2) is 8.25. The number of nitrogens with zero attached hydrogens (tertiary/aromatic N) is 2. The molecule has 3 rings (SSSR count). The zero-order valence-corrected chi connectivity index (χ0v) is 14.9. The largest absolute Gasteiger partial charge is 0.369 e. The number of anilines is 1. The smallest absolute Gasteiger partial charge is 0.232 e. The third kappa shape index (κ3) is 4.32. The van der Waals surface area contributed by atoms with E-state index in [0.717, 1.165) is 30.8 Å². The molecule has 1 amide bonds. The lowest BCUT2D eigenvalue weighted by Gasteiger charge is -2.38. The second-order valence-electron chi connectivity index (χ2n) is 6.18. The molecule has 4 heteroatoms. The van der Waals surface area contributed by atoms with Crippen molar-refractivity contribution in [3.63, 3.8) is 0 Å². The Morgan fingerprint density at radius 1 is 1.12 bits per heavy atom. The van der Waals surface area contributed by atoms with Crippen molar-refractivity contribution in [3.8, 4) is 0 Å². The Labute approximate surface area is 148 Å². The number of carbonyl (C=O) groups is 1. The monoisotopic (exact) mass is 340 g/mol. The number of para-hydroxylation sites is 1. The van der Waals surface area contributed by atoms with Crippen molar-refractivity contribution in [2.24, 2.45) is 0 Å². The van der Waals surface area contributed by atoms with Crippen LogP contribution >= 0.6 is 11.8 Å². The summed E-state index contributed by atoms with van der Waals surface area (Å²) in [7, 11) is 1.95. The summed E-state index contributed by atoms with van der Waals surface area (Å²) in [5.74, 6) is 0.714. The van der Waals surface area contributed by atoms with Crippen molar-refractivity contribution >= 4 is 23.4 Å². The highest BCUT2D eigenvalue weighted by atomic mass is 32.2. The van der Waals surface area contributed by atoms with Gasteiger partial charge in [0.15, 0.2) is 0 Å². The van der Waals surface area contributed by atoms with Crippen LogP contribution in [0.5, 0.6) is 0 Å². The fraction of sp³-hybridized carbons (Fsp3) is 0.350. The molecule has 2 aromatic rings. The highest BCUT2D eigenvalue weighted by Crippen LogP contribution is 2.23. The molecule has 1 aliphatic heterocycles. The van der Waals surface area contributed by atoms with Crippen molar-refractivity contribution < 1.29 is 4.79 Å². The van der Waals surface area contributed by atoms with E-state index in [1.54, 1.807) is 11.8 Å². The van der Waals surface area contributed by atoms with Gasteiger partial charge in [-0.3, -0.25) is 4.79 Å². The maximum atomic E-state index is 12.5. The van der Waals surface area contributed by atoms with Crippen LogP contribution in [0, 0.1) is 0 Å². The highest BCUT2D eigenvalue weighted by molar-refractivity contribution is 8.00. The number of piperidine rings is 1. The van der Waals surface area contributed by atoms with E-state index in [2.05, 4.69) is 41.3 Å². The minimum atomic E-state index is 0.212. The molecule has 126 valence electrons. The maximum absolute atomic E-state index is 12.5. The first kappa shape index (κ1) is 16.9. The molecule has 3 nitrogen and oxygen atoms in total. The lowest BCUT2D eigenvalue weighted by Crippen LogP contribution is -2.49. The van der Waals surface area contributed by atoms with Gasteiger partial charge in [0.2, 0.25) is 5.91 Å². The first-order chi connectivity index (χ1) is 11.7. The summed E-state index contributed by atoms with van der Waals surface area (Å²) in [5.41, 5.74) is 1.25. The van der Waals surface area contributed by atoms with E-state index in [4.69, 9.17) is 0 Å². The minimum Gasteiger partial charge on any atom is -0.369 e. The number of rotatable bonds is 5. The number of amides is 1. The molecule has 1 heterocycles. The van der Waals surface area contributed by atoms with E-state index in [1.807, 2.05) is 36.2 Å². The maximum Gasteiger partial charge on any atom is 0.232 e. The molecule has 1 saturated heterocycles. The van der Waals surface area contributed by atoms with Gasteiger partial charge in [-0.25, -0.2) is 0 Å². The molecule has 0 aliphatic carbocycles. The quantitative estimate of drug-likeness (QED) is 0.771. The lowest BCUT2D eigenvalue weighted by atomic mass is 10.0. The Bertz CT molecular complexity index is 647. The van der Waals surface area contributed by atoms with Crippen molar-refractivity contribution in [1.82, 2.24) is 4.90 Å². The van der Waals surface area contributed by atoms with Crippen molar-refractivity contribution in [3.05, 3.63) is 60.7 Å². The van der Waals surface area contributed by atoms with E-state index in [9.17, 15) is 4.79 Å². The van der Waals surface area contributed by atoms with E-state index < -0.39 is 0 Å². The van der Waals surface area contributed by atoms with Crippen LogP contribution in [0.25, 0.3) is 0 Å². The van der Waals surface area contributed by atoms with Crippen LogP contribution in [-0.4, -0.2) is 42.7 Å². The number of hydrogen-bond acceptors (Lipinski definition) is 3. The standard InChI is InChI=1S/C20H24N2OS/c1-21(20(23)16-24-19-12-6-3-7-13-19)18-11-8-14-22(15-18)17-9-4-2-5-10-17/h2-7,9-10,12-13,18H,8,11,14-16H2,1H3. The summed E-state index contributed by atoms with van der Waals surface area (Å²) in [6.07, 6.45) is 2.21. The highest BCUT2D eigenvalue weighted by Gasteiger charge is 2.26.